The van der Waals surface area contributed by atoms with Crippen molar-refractivity contribution in [2.24, 2.45) is 0 Å². The number of carboxylic acids is 1. The Hall–Kier alpha value is -2.43. The van der Waals surface area contributed by atoms with E-state index in [-0.39, 0.29) is 5.76 Å². The summed E-state index contributed by atoms with van der Waals surface area (Å²) in [7, 11) is 3.98. The van der Waals surface area contributed by atoms with Gasteiger partial charge in [-0.05, 0) is 37.3 Å². The van der Waals surface area contributed by atoms with E-state index in [2.05, 4.69) is 5.32 Å². The molecule has 1 aromatic carbocycles. The van der Waals surface area contributed by atoms with Crippen molar-refractivity contribution in [3.63, 3.8) is 0 Å². The van der Waals surface area contributed by atoms with E-state index in [9.17, 15) is 4.79 Å². The molecule has 0 amide bonds. The number of carbonyl (C=O) groups is 1. The minimum absolute atomic E-state index is 0.00440. The lowest BCUT2D eigenvalue weighted by Gasteiger charge is -2.13. The zero-order valence-corrected chi connectivity index (χ0v) is 11.8. The minimum atomic E-state index is -1.04. The largest absolute Gasteiger partial charge is 0.475 e. The molecule has 0 atom stereocenters. The Balaban J connectivity index is 2.01. The van der Waals surface area contributed by atoms with Gasteiger partial charge in [0.2, 0.25) is 5.76 Å². The van der Waals surface area contributed by atoms with Crippen molar-refractivity contribution in [2.45, 2.75) is 13.5 Å². The summed E-state index contributed by atoms with van der Waals surface area (Å²) in [6.45, 7) is 2.18. The number of hydrogen-bond acceptors (Lipinski definition) is 4. The second kappa shape index (κ2) is 5.69. The third-order valence-electron chi connectivity index (χ3n) is 3.01. The number of aromatic carboxylic acids is 1. The molecule has 20 heavy (non-hydrogen) atoms. The maximum absolute atomic E-state index is 10.9. The highest BCUT2D eigenvalue weighted by Crippen LogP contribution is 2.18. The van der Waals surface area contributed by atoms with E-state index in [1.54, 1.807) is 13.0 Å². The van der Waals surface area contributed by atoms with Crippen molar-refractivity contribution < 1.29 is 14.3 Å². The highest BCUT2D eigenvalue weighted by atomic mass is 16.4. The summed E-state index contributed by atoms with van der Waals surface area (Å²) in [6, 6.07) is 9.72. The first-order chi connectivity index (χ1) is 9.47. The summed E-state index contributed by atoms with van der Waals surface area (Å²) < 4.78 is 5.29. The molecule has 2 rings (SSSR count). The molecule has 0 radical (unpaired) electrons. The van der Waals surface area contributed by atoms with Gasteiger partial charge in [-0.25, -0.2) is 4.79 Å². The maximum Gasteiger partial charge on any atom is 0.372 e. The van der Waals surface area contributed by atoms with Crippen LogP contribution >= 0.6 is 0 Å². The molecule has 5 nitrogen and oxygen atoms in total. The predicted octanol–water partition coefficient (Wildman–Crippen LogP) is 2.96. The van der Waals surface area contributed by atoms with Crippen LogP contribution in [0.5, 0.6) is 0 Å². The number of hydrogen-bond donors (Lipinski definition) is 2. The smallest absolute Gasteiger partial charge is 0.372 e. The molecule has 0 aliphatic heterocycles. The molecule has 0 aliphatic rings. The quantitative estimate of drug-likeness (QED) is 0.877. The number of carboxylic acid groups (broad SMARTS) is 1. The van der Waals surface area contributed by atoms with E-state index >= 15 is 0 Å². The number of nitrogens with one attached hydrogen (secondary N) is 1. The van der Waals surface area contributed by atoms with Gasteiger partial charge in [0.1, 0.15) is 5.76 Å². The van der Waals surface area contributed by atoms with Gasteiger partial charge in [-0.1, -0.05) is 0 Å². The minimum Gasteiger partial charge on any atom is -0.475 e. The molecule has 0 spiro atoms. The molecular weight excluding hydrogens is 256 g/mol. The first-order valence-corrected chi connectivity index (χ1v) is 6.31. The van der Waals surface area contributed by atoms with Crippen molar-refractivity contribution in [2.75, 3.05) is 24.3 Å². The molecule has 1 aromatic heterocycles. The number of aryl methyl sites for hydroxylation is 1. The standard InChI is InChI=1S/C15H18N2O3/c1-10-8-13(20-14(10)15(18)19)9-16-11-4-6-12(7-5-11)17(2)3/h4-8,16H,9H2,1-3H3,(H,18,19). The summed E-state index contributed by atoms with van der Waals surface area (Å²) in [5, 5.41) is 12.1. The van der Waals surface area contributed by atoms with Gasteiger partial charge in [0.05, 0.1) is 6.54 Å². The van der Waals surface area contributed by atoms with Gasteiger partial charge >= 0.3 is 5.97 Å². The van der Waals surface area contributed by atoms with Gasteiger partial charge in [-0.2, -0.15) is 0 Å². The van der Waals surface area contributed by atoms with E-state index in [4.69, 9.17) is 9.52 Å². The number of furan rings is 1. The topological polar surface area (TPSA) is 65.7 Å². The van der Waals surface area contributed by atoms with Gasteiger partial charge in [0.25, 0.3) is 0 Å². The fourth-order valence-electron chi connectivity index (χ4n) is 1.91. The van der Waals surface area contributed by atoms with Crippen molar-refractivity contribution in [3.8, 4) is 0 Å². The van der Waals surface area contributed by atoms with E-state index < -0.39 is 5.97 Å². The lowest BCUT2D eigenvalue weighted by atomic mass is 10.2. The number of nitrogens with zero attached hydrogens (tertiary/aromatic N) is 1. The van der Waals surface area contributed by atoms with Crippen LogP contribution in [0.4, 0.5) is 11.4 Å². The third kappa shape index (κ3) is 3.12. The Morgan fingerprint density at radius 2 is 1.95 bits per heavy atom. The second-order valence-electron chi connectivity index (χ2n) is 4.82. The number of benzene rings is 1. The summed E-state index contributed by atoms with van der Waals surface area (Å²) in [4.78, 5) is 12.9. The Bertz CT molecular complexity index is 600. The predicted molar refractivity (Wildman–Crippen MR) is 78.5 cm³/mol. The maximum atomic E-state index is 10.9. The summed E-state index contributed by atoms with van der Waals surface area (Å²) in [5.74, 6) is -0.426. The molecule has 0 aliphatic carbocycles. The van der Waals surface area contributed by atoms with Gasteiger partial charge in [-0.3, -0.25) is 0 Å². The number of anilines is 2. The molecule has 0 fully saturated rings. The van der Waals surface area contributed by atoms with E-state index in [1.807, 2.05) is 43.3 Å². The Morgan fingerprint density at radius 1 is 1.30 bits per heavy atom. The first-order valence-electron chi connectivity index (χ1n) is 6.31. The Morgan fingerprint density at radius 3 is 2.45 bits per heavy atom. The lowest BCUT2D eigenvalue weighted by molar-refractivity contribution is 0.0659. The summed E-state index contributed by atoms with van der Waals surface area (Å²) >= 11 is 0. The molecule has 2 aromatic rings. The highest BCUT2D eigenvalue weighted by Gasteiger charge is 2.13. The van der Waals surface area contributed by atoms with Crippen LogP contribution in [0.1, 0.15) is 21.9 Å². The van der Waals surface area contributed by atoms with Crippen molar-refractivity contribution >= 4 is 17.3 Å². The number of rotatable bonds is 5. The van der Waals surface area contributed by atoms with Crippen LogP contribution in [-0.4, -0.2) is 25.2 Å². The zero-order valence-electron chi connectivity index (χ0n) is 11.8. The first kappa shape index (κ1) is 14.0. The van der Waals surface area contributed by atoms with Gasteiger partial charge in [0, 0.05) is 31.0 Å². The molecule has 0 saturated heterocycles. The summed E-state index contributed by atoms with van der Waals surface area (Å²) in [5.41, 5.74) is 2.72. The van der Waals surface area contributed by atoms with Crippen LogP contribution in [0.15, 0.2) is 34.7 Å². The molecule has 5 heteroatoms. The molecule has 1 heterocycles. The average molecular weight is 274 g/mol. The highest BCUT2D eigenvalue weighted by molar-refractivity contribution is 5.86. The van der Waals surface area contributed by atoms with Crippen molar-refractivity contribution in [1.82, 2.24) is 0 Å². The second-order valence-corrected chi connectivity index (χ2v) is 4.82. The zero-order chi connectivity index (χ0) is 14.7. The fraction of sp³-hybridized carbons (Fsp3) is 0.267. The fourth-order valence-corrected chi connectivity index (χ4v) is 1.91. The van der Waals surface area contributed by atoms with Crippen LogP contribution in [0, 0.1) is 6.92 Å². The molecule has 0 bridgehead atoms. The SMILES string of the molecule is Cc1cc(CNc2ccc(N(C)C)cc2)oc1C(=O)O. The molecular formula is C15H18N2O3. The normalized spacial score (nSPS) is 10.3. The van der Waals surface area contributed by atoms with Gasteiger partial charge in [-0.15, -0.1) is 0 Å². The molecule has 0 unspecified atom stereocenters. The monoisotopic (exact) mass is 274 g/mol. The van der Waals surface area contributed by atoms with Crippen molar-refractivity contribution in [1.29, 1.82) is 0 Å². The summed E-state index contributed by atoms with van der Waals surface area (Å²) in [6.07, 6.45) is 0. The Kier molecular flexibility index (Phi) is 3.98. The average Bonchev–Trinajstić information content (AvgIpc) is 2.78. The van der Waals surface area contributed by atoms with Gasteiger partial charge in [0.15, 0.2) is 0 Å². The van der Waals surface area contributed by atoms with Gasteiger partial charge < -0.3 is 19.7 Å². The van der Waals surface area contributed by atoms with Crippen LogP contribution in [0.2, 0.25) is 0 Å². The van der Waals surface area contributed by atoms with E-state index in [0.717, 1.165) is 11.4 Å². The van der Waals surface area contributed by atoms with Crippen LogP contribution in [0.25, 0.3) is 0 Å². The molecule has 106 valence electrons. The van der Waals surface area contributed by atoms with Crippen molar-refractivity contribution in [3.05, 3.63) is 47.4 Å². The lowest BCUT2D eigenvalue weighted by Crippen LogP contribution is -2.08. The van der Waals surface area contributed by atoms with E-state index in [0.29, 0.717) is 17.9 Å². The van der Waals surface area contributed by atoms with Crippen LogP contribution < -0.4 is 10.2 Å². The molecule has 2 N–H and O–H groups in total. The Labute approximate surface area is 117 Å². The third-order valence-corrected chi connectivity index (χ3v) is 3.01. The van der Waals surface area contributed by atoms with Crippen LogP contribution in [-0.2, 0) is 6.54 Å². The molecule has 0 saturated carbocycles. The van der Waals surface area contributed by atoms with E-state index in [1.165, 1.54) is 0 Å². The van der Waals surface area contributed by atoms with Crippen LogP contribution in [0.3, 0.4) is 0 Å².